The molecule has 4 heteroatoms. The summed E-state index contributed by atoms with van der Waals surface area (Å²) in [6.07, 6.45) is 0. The summed E-state index contributed by atoms with van der Waals surface area (Å²) in [5, 5.41) is 0. The van der Waals surface area contributed by atoms with Crippen LogP contribution < -0.4 is 25.9 Å². The summed E-state index contributed by atoms with van der Waals surface area (Å²) in [5.74, 6) is 1.19. The van der Waals surface area contributed by atoms with Crippen LogP contribution in [0, 0.1) is 16.5 Å². The molecule has 0 aromatic heterocycles. The van der Waals surface area contributed by atoms with E-state index in [1.54, 1.807) is 6.07 Å². The molecule has 0 spiro atoms. The van der Waals surface area contributed by atoms with Crippen LogP contribution in [0.3, 0.4) is 0 Å². The van der Waals surface area contributed by atoms with E-state index in [9.17, 15) is 4.39 Å². The molecule has 0 aliphatic rings. The summed E-state index contributed by atoms with van der Waals surface area (Å²) < 4.78 is 22.5. The van der Waals surface area contributed by atoms with Gasteiger partial charge in [0.15, 0.2) is 7.14 Å². The first-order valence-electron chi connectivity index (χ1n) is 8.29. The number of hydrogen-bond donors (Lipinski definition) is 0. The van der Waals surface area contributed by atoms with Gasteiger partial charge in [0.25, 0.3) is 0 Å². The first-order chi connectivity index (χ1) is 12.3. The zero-order valence-electron chi connectivity index (χ0n) is 14.9. The van der Waals surface area contributed by atoms with Crippen LogP contribution in [0.15, 0.2) is 66.7 Å². The monoisotopic (exact) mass is 573 g/mol. The van der Waals surface area contributed by atoms with Gasteiger partial charge in [0.05, 0.1) is 3.57 Å². The van der Waals surface area contributed by atoms with E-state index in [1.807, 2.05) is 12.1 Å². The van der Waals surface area contributed by atoms with Gasteiger partial charge in [-0.25, -0.2) is 4.39 Å². The molecular weight excluding hydrogens is 553 g/mol. The fraction of sp³-hybridized carbons (Fsp3) is 0.182. The van der Waals surface area contributed by atoms with Crippen molar-refractivity contribution in [2.45, 2.75) is 26.2 Å². The lowest BCUT2D eigenvalue weighted by molar-refractivity contribution is -0.597. The lowest BCUT2D eigenvalue weighted by atomic mass is 9.87. The van der Waals surface area contributed by atoms with Crippen LogP contribution in [-0.2, 0) is 5.41 Å². The maximum absolute atomic E-state index is 13.2. The van der Waals surface area contributed by atoms with Gasteiger partial charge in [0, 0.05) is 0 Å². The number of rotatable bonds is 4. The normalized spacial score (nSPS) is 11.4. The van der Waals surface area contributed by atoms with Crippen molar-refractivity contribution >= 4 is 22.6 Å². The van der Waals surface area contributed by atoms with Gasteiger partial charge in [-0.15, -0.1) is 0 Å². The molecule has 3 aromatic carbocycles. The Bertz CT molecular complexity index is 882. The second-order valence-electron chi connectivity index (χ2n) is 6.98. The highest BCUT2D eigenvalue weighted by Gasteiger charge is 2.18. The van der Waals surface area contributed by atoms with Crippen molar-refractivity contribution in [2.75, 3.05) is 0 Å². The Morgan fingerprint density at radius 3 is 1.96 bits per heavy atom. The third-order valence-corrected chi connectivity index (χ3v) is 7.39. The highest BCUT2D eigenvalue weighted by Crippen LogP contribution is 2.27. The van der Waals surface area contributed by atoms with Gasteiger partial charge in [-0.3, -0.25) is 0 Å². The second-order valence-corrected chi connectivity index (χ2v) is 11.2. The van der Waals surface area contributed by atoms with E-state index in [0.29, 0.717) is 5.75 Å². The molecule has 0 atom stereocenters. The van der Waals surface area contributed by atoms with E-state index in [0.717, 1.165) is 9.32 Å². The quantitative estimate of drug-likeness (QED) is 0.434. The Hall–Kier alpha value is -1.15. The van der Waals surface area contributed by atoms with Crippen LogP contribution in [0.4, 0.5) is 4.39 Å². The van der Waals surface area contributed by atoms with Crippen molar-refractivity contribution in [2.24, 2.45) is 0 Å². The van der Waals surface area contributed by atoms with Crippen LogP contribution in [0.1, 0.15) is 26.3 Å². The van der Waals surface area contributed by atoms with Crippen molar-refractivity contribution in [3.8, 4) is 11.5 Å². The first-order valence-corrected chi connectivity index (χ1v) is 11.5. The molecule has 3 aromatic rings. The highest BCUT2D eigenvalue weighted by molar-refractivity contribution is 14.1. The van der Waals surface area contributed by atoms with Crippen molar-refractivity contribution in [3.05, 3.63) is 88.8 Å². The molecule has 0 aliphatic heterocycles. The average Bonchev–Trinajstić information content (AvgIpc) is 2.59. The van der Waals surface area contributed by atoms with E-state index >= 15 is 0 Å². The molecule has 134 valence electrons. The zero-order valence-corrected chi connectivity index (χ0v) is 19.2. The van der Waals surface area contributed by atoms with Crippen LogP contribution >= 0.6 is 22.6 Å². The Balaban J connectivity index is 1.68. The molecule has 0 bridgehead atoms. The van der Waals surface area contributed by atoms with Crippen molar-refractivity contribution in [1.82, 2.24) is 0 Å². The summed E-state index contributed by atoms with van der Waals surface area (Å²) in [7, 11) is 0. The standard InChI is InChI=1S/C22H20FI2O/c1-22(2,3)15-4-7-17(8-5-15)25-18-9-11-19(12-10-18)26-21-13-6-16(23)14-20(21)24/h4-14H,1-3H3/q+1. The Kier molecular flexibility index (Phi) is 6.22. The van der Waals surface area contributed by atoms with Crippen LogP contribution in [0.25, 0.3) is 0 Å². The molecule has 26 heavy (non-hydrogen) atoms. The van der Waals surface area contributed by atoms with Crippen LogP contribution in [0.2, 0.25) is 0 Å². The van der Waals surface area contributed by atoms with E-state index in [4.69, 9.17) is 4.74 Å². The molecule has 0 heterocycles. The molecule has 0 aliphatic carbocycles. The smallest absolute Gasteiger partial charge is 0.357 e. The lowest BCUT2D eigenvalue weighted by Crippen LogP contribution is -3.61. The fourth-order valence-corrected chi connectivity index (χ4v) is 5.13. The Morgan fingerprint density at radius 1 is 0.846 bits per heavy atom. The van der Waals surface area contributed by atoms with E-state index < -0.39 is 0 Å². The second kappa shape index (κ2) is 8.25. The third kappa shape index (κ3) is 5.19. The molecular formula is C22H20FI2O+. The van der Waals surface area contributed by atoms with Gasteiger partial charge in [-0.2, -0.15) is 0 Å². The number of hydrogen-bond acceptors (Lipinski definition) is 1. The maximum Gasteiger partial charge on any atom is 0.357 e. The van der Waals surface area contributed by atoms with Crippen molar-refractivity contribution < 1.29 is 30.3 Å². The van der Waals surface area contributed by atoms with Crippen molar-refractivity contribution in [3.63, 3.8) is 0 Å². The molecule has 0 radical (unpaired) electrons. The molecule has 0 saturated heterocycles. The van der Waals surface area contributed by atoms with E-state index in [-0.39, 0.29) is 32.4 Å². The lowest BCUT2D eigenvalue weighted by Gasteiger charge is -2.18. The Morgan fingerprint density at radius 2 is 1.42 bits per heavy atom. The average molecular weight is 573 g/mol. The summed E-state index contributed by atoms with van der Waals surface area (Å²) in [6.45, 7) is 6.70. The Labute approximate surface area is 178 Å². The zero-order chi connectivity index (χ0) is 18.7. The highest BCUT2D eigenvalue weighted by atomic mass is 127. The minimum Gasteiger partial charge on any atom is -0.456 e. The van der Waals surface area contributed by atoms with Crippen LogP contribution in [0.5, 0.6) is 11.5 Å². The van der Waals surface area contributed by atoms with Gasteiger partial charge in [-0.05, 0) is 88.2 Å². The van der Waals surface area contributed by atoms with Gasteiger partial charge in [-0.1, -0.05) is 32.9 Å². The third-order valence-electron chi connectivity index (χ3n) is 3.86. The molecule has 3 rings (SSSR count). The predicted molar refractivity (Wildman–Crippen MR) is 108 cm³/mol. The van der Waals surface area contributed by atoms with Crippen molar-refractivity contribution in [1.29, 1.82) is 0 Å². The van der Waals surface area contributed by atoms with Gasteiger partial charge < -0.3 is 4.74 Å². The van der Waals surface area contributed by atoms with Gasteiger partial charge >= 0.3 is 21.2 Å². The van der Waals surface area contributed by atoms with Gasteiger partial charge in [0.1, 0.15) is 17.3 Å². The SMILES string of the molecule is CC(C)(C)c1ccc([I+]c2ccc(Oc3ccc(F)cc3I)cc2)cc1. The number of ether oxygens (including phenoxy) is 1. The van der Waals surface area contributed by atoms with Crippen LogP contribution in [-0.4, -0.2) is 0 Å². The summed E-state index contributed by atoms with van der Waals surface area (Å²) in [4.78, 5) is 0. The molecule has 0 amide bonds. The fourth-order valence-electron chi connectivity index (χ4n) is 2.39. The molecule has 0 N–H and O–H groups in total. The minimum atomic E-state index is -0.251. The van der Waals surface area contributed by atoms with Gasteiger partial charge in [0.2, 0.25) is 0 Å². The number of halogens is 3. The number of benzene rings is 3. The predicted octanol–water partition coefficient (Wildman–Crippen LogP) is 3.65. The topological polar surface area (TPSA) is 9.23 Å². The summed E-state index contributed by atoms with van der Waals surface area (Å²) in [5.41, 5.74) is 1.55. The maximum atomic E-state index is 13.2. The summed E-state index contributed by atoms with van der Waals surface area (Å²) >= 11 is 1.87. The molecule has 0 saturated carbocycles. The largest absolute Gasteiger partial charge is 0.456 e. The minimum absolute atomic E-state index is 0.188. The first kappa shape index (κ1) is 19.6. The molecule has 0 unspecified atom stereocenters. The molecule has 0 fully saturated rings. The van der Waals surface area contributed by atoms with E-state index in [1.165, 1.54) is 24.8 Å². The summed E-state index contributed by atoms with van der Waals surface area (Å²) in [6, 6.07) is 21.7. The van der Waals surface area contributed by atoms with E-state index in [2.05, 4.69) is 79.8 Å². The molecule has 1 nitrogen and oxygen atoms in total.